The summed E-state index contributed by atoms with van der Waals surface area (Å²) >= 11 is 1.87. The van der Waals surface area contributed by atoms with Crippen LogP contribution in [0.15, 0.2) is 35.3 Å². The Morgan fingerprint density at radius 3 is 2.79 bits per heavy atom. The molecule has 4 unspecified atom stereocenters. The minimum absolute atomic E-state index is 0.266. The van der Waals surface area contributed by atoms with Gasteiger partial charge in [0, 0.05) is 5.92 Å². The van der Waals surface area contributed by atoms with Crippen molar-refractivity contribution in [3.05, 3.63) is 35.9 Å². The molecule has 2 aliphatic carbocycles. The Hall–Kier alpha value is -0.760. The number of hydrogen-bond donors (Lipinski definition) is 0. The molecule has 1 aliphatic heterocycles. The summed E-state index contributed by atoms with van der Waals surface area (Å²) in [5, 5.41) is 1.40. The van der Waals surface area contributed by atoms with E-state index in [0.29, 0.717) is 5.92 Å². The number of fused-ring (bicyclic) bond motifs is 3. The van der Waals surface area contributed by atoms with Gasteiger partial charge in [0.25, 0.3) is 0 Å². The lowest BCUT2D eigenvalue weighted by Gasteiger charge is -2.39. The molecule has 2 heteroatoms. The molecule has 19 heavy (non-hydrogen) atoms. The first-order chi connectivity index (χ1) is 9.33. The van der Waals surface area contributed by atoms with Crippen molar-refractivity contribution in [2.75, 3.05) is 6.26 Å². The van der Waals surface area contributed by atoms with Crippen molar-refractivity contribution in [2.24, 2.45) is 16.8 Å². The number of aliphatic imine (C=N–C) groups is 1. The summed E-state index contributed by atoms with van der Waals surface area (Å²) in [6.45, 7) is 0. The van der Waals surface area contributed by atoms with Gasteiger partial charge in [0.15, 0.2) is 0 Å². The second-order valence-electron chi connectivity index (χ2n) is 6.36. The van der Waals surface area contributed by atoms with Gasteiger partial charge in [-0.2, -0.15) is 0 Å². The highest BCUT2D eigenvalue weighted by Gasteiger charge is 2.59. The zero-order valence-electron chi connectivity index (χ0n) is 11.5. The lowest BCUT2D eigenvalue weighted by Crippen LogP contribution is -2.38. The summed E-state index contributed by atoms with van der Waals surface area (Å²) in [6.07, 6.45) is 8.96. The highest BCUT2D eigenvalue weighted by Crippen LogP contribution is 2.63. The Morgan fingerprint density at radius 1 is 1.21 bits per heavy atom. The van der Waals surface area contributed by atoms with Crippen LogP contribution in [-0.2, 0) is 0 Å². The minimum atomic E-state index is 0.266. The first-order valence-corrected chi connectivity index (χ1v) is 8.73. The average molecular weight is 271 g/mol. The van der Waals surface area contributed by atoms with E-state index in [1.54, 1.807) is 5.56 Å². The molecule has 0 N–H and O–H groups in total. The molecule has 4 rings (SSSR count). The van der Waals surface area contributed by atoms with Crippen molar-refractivity contribution in [3.8, 4) is 0 Å². The molecule has 1 spiro atoms. The van der Waals surface area contributed by atoms with E-state index in [1.807, 2.05) is 11.8 Å². The van der Waals surface area contributed by atoms with Gasteiger partial charge in [0.05, 0.1) is 10.6 Å². The number of nitrogens with zero attached hydrogens (tertiary/aromatic N) is 1. The molecule has 1 aromatic carbocycles. The van der Waals surface area contributed by atoms with Gasteiger partial charge in [0.1, 0.15) is 0 Å². The molecule has 0 radical (unpaired) electrons. The minimum Gasteiger partial charge on any atom is -0.275 e. The molecular formula is C17H21NS. The van der Waals surface area contributed by atoms with Crippen LogP contribution in [0.1, 0.15) is 43.6 Å². The average Bonchev–Trinajstić information content (AvgIpc) is 3.14. The highest BCUT2D eigenvalue weighted by molar-refractivity contribution is 8.13. The normalized spacial score (nSPS) is 40.1. The molecule has 1 heterocycles. The smallest absolute Gasteiger partial charge is 0.0720 e. The maximum atomic E-state index is 5.26. The van der Waals surface area contributed by atoms with Gasteiger partial charge in [0.2, 0.25) is 0 Å². The fourth-order valence-electron chi connectivity index (χ4n) is 4.98. The van der Waals surface area contributed by atoms with Crippen molar-refractivity contribution < 1.29 is 0 Å². The maximum Gasteiger partial charge on any atom is 0.0720 e. The largest absolute Gasteiger partial charge is 0.275 e. The SMILES string of the molecule is CSC1=NC2(CC1)C1CCC(C1)C2c1ccccc1. The third-order valence-electron chi connectivity index (χ3n) is 5.66. The zero-order chi connectivity index (χ0) is 12.9. The van der Waals surface area contributed by atoms with Gasteiger partial charge in [-0.1, -0.05) is 30.3 Å². The van der Waals surface area contributed by atoms with Gasteiger partial charge in [-0.15, -0.1) is 11.8 Å². The van der Waals surface area contributed by atoms with Crippen LogP contribution in [0.3, 0.4) is 0 Å². The second kappa shape index (κ2) is 4.37. The van der Waals surface area contributed by atoms with Crippen LogP contribution >= 0.6 is 11.8 Å². The van der Waals surface area contributed by atoms with Gasteiger partial charge >= 0.3 is 0 Å². The quantitative estimate of drug-likeness (QED) is 0.733. The van der Waals surface area contributed by atoms with Gasteiger partial charge in [-0.3, -0.25) is 4.99 Å². The molecule has 3 aliphatic rings. The van der Waals surface area contributed by atoms with E-state index in [4.69, 9.17) is 4.99 Å². The van der Waals surface area contributed by atoms with E-state index in [-0.39, 0.29) is 5.54 Å². The monoisotopic (exact) mass is 271 g/mol. The van der Waals surface area contributed by atoms with E-state index in [9.17, 15) is 0 Å². The first kappa shape index (κ1) is 12.0. The Bertz CT molecular complexity index is 509. The molecule has 0 amide bonds. The third kappa shape index (κ3) is 1.65. The summed E-state index contributed by atoms with van der Waals surface area (Å²) in [5.74, 6) is 2.43. The predicted molar refractivity (Wildman–Crippen MR) is 82.9 cm³/mol. The molecular weight excluding hydrogens is 250 g/mol. The Morgan fingerprint density at radius 2 is 2.05 bits per heavy atom. The molecule has 2 saturated carbocycles. The van der Waals surface area contributed by atoms with Crippen molar-refractivity contribution in [1.82, 2.24) is 0 Å². The Kier molecular flexibility index (Phi) is 2.77. The zero-order valence-corrected chi connectivity index (χ0v) is 12.3. The molecule has 0 saturated heterocycles. The molecule has 1 aromatic rings. The third-order valence-corrected chi connectivity index (χ3v) is 6.42. The highest BCUT2D eigenvalue weighted by atomic mass is 32.2. The standard InChI is InChI=1S/C17H21NS/c1-19-15-9-10-17(18-15)14-8-7-13(11-14)16(17)12-5-3-2-4-6-12/h2-6,13-14,16H,7-11H2,1H3. The van der Waals surface area contributed by atoms with E-state index < -0.39 is 0 Å². The van der Waals surface area contributed by atoms with E-state index >= 15 is 0 Å². The summed E-state index contributed by atoms with van der Waals surface area (Å²) < 4.78 is 0. The molecule has 100 valence electrons. The lowest BCUT2D eigenvalue weighted by molar-refractivity contribution is 0.235. The summed E-state index contributed by atoms with van der Waals surface area (Å²) in [5.41, 5.74) is 1.81. The van der Waals surface area contributed by atoms with Gasteiger partial charge in [-0.25, -0.2) is 0 Å². The topological polar surface area (TPSA) is 12.4 Å². The van der Waals surface area contributed by atoms with Crippen LogP contribution in [0.5, 0.6) is 0 Å². The summed E-state index contributed by atoms with van der Waals surface area (Å²) in [4.78, 5) is 5.26. The fraction of sp³-hybridized carbons (Fsp3) is 0.588. The Balaban J connectivity index is 1.79. The molecule has 4 atom stereocenters. The number of benzene rings is 1. The predicted octanol–water partition coefficient (Wildman–Crippen LogP) is 4.49. The number of hydrogen-bond acceptors (Lipinski definition) is 2. The van der Waals surface area contributed by atoms with Crippen LogP contribution in [0.4, 0.5) is 0 Å². The molecule has 1 nitrogen and oxygen atoms in total. The van der Waals surface area contributed by atoms with Crippen LogP contribution in [-0.4, -0.2) is 16.8 Å². The second-order valence-corrected chi connectivity index (χ2v) is 7.24. The molecule has 2 fully saturated rings. The number of thioether (sulfide) groups is 1. The van der Waals surface area contributed by atoms with Crippen molar-refractivity contribution in [1.29, 1.82) is 0 Å². The Labute approximate surface area is 119 Å². The molecule has 2 bridgehead atoms. The van der Waals surface area contributed by atoms with E-state index in [0.717, 1.165) is 11.8 Å². The van der Waals surface area contributed by atoms with E-state index in [2.05, 4.69) is 36.6 Å². The van der Waals surface area contributed by atoms with E-state index in [1.165, 1.54) is 37.1 Å². The summed E-state index contributed by atoms with van der Waals surface area (Å²) in [7, 11) is 0. The van der Waals surface area contributed by atoms with Crippen molar-refractivity contribution in [3.63, 3.8) is 0 Å². The van der Waals surface area contributed by atoms with Crippen LogP contribution in [0, 0.1) is 11.8 Å². The summed E-state index contributed by atoms with van der Waals surface area (Å²) in [6, 6.07) is 11.2. The molecule has 0 aromatic heterocycles. The van der Waals surface area contributed by atoms with Crippen LogP contribution < -0.4 is 0 Å². The van der Waals surface area contributed by atoms with Crippen molar-refractivity contribution >= 4 is 16.8 Å². The van der Waals surface area contributed by atoms with Gasteiger partial charge in [-0.05, 0) is 55.8 Å². The lowest BCUT2D eigenvalue weighted by atomic mass is 9.69. The number of rotatable bonds is 1. The van der Waals surface area contributed by atoms with Gasteiger partial charge < -0.3 is 0 Å². The maximum absolute atomic E-state index is 5.26. The fourth-order valence-corrected chi connectivity index (χ4v) is 5.54. The van der Waals surface area contributed by atoms with Crippen LogP contribution in [0.2, 0.25) is 0 Å². The first-order valence-electron chi connectivity index (χ1n) is 7.51. The van der Waals surface area contributed by atoms with Crippen molar-refractivity contribution in [2.45, 2.75) is 43.6 Å². The van der Waals surface area contributed by atoms with Crippen LogP contribution in [0.25, 0.3) is 0 Å².